The zero-order chi connectivity index (χ0) is 15.1. The van der Waals surface area contributed by atoms with Gasteiger partial charge in [0, 0.05) is 0 Å². The van der Waals surface area contributed by atoms with E-state index in [-0.39, 0.29) is 0 Å². The molecule has 2 heteroatoms. The standard InChI is InChI=1S/C19H31NO/c1-16(2)17-9-12-19(15-20,13-10-17)11-6-14-21-18-7-4-3-5-8-18/h3-5,7-8,16-17H,6,9-15,20H2,1-2H3. The summed E-state index contributed by atoms with van der Waals surface area (Å²) in [5, 5.41) is 0. The van der Waals surface area contributed by atoms with Crippen molar-refractivity contribution in [3.05, 3.63) is 30.3 Å². The van der Waals surface area contributed by atoms with E-state index in [2.05, 4.69) is 13.8 Å². The second kappa shape index (κ2) is 7.84. The molecule has 1 aromatic rings. The predicted octanol–water partition coefficient (Wildman–Crippen LogP) is 4.64. The van der Waals surface area contributed by atoms with Crippen molar-refractivity contribution in [3.63, 3.8) is 0 Å². The predicted molar refractivity (Wildman–Crippen MR) is 89.5 cm³/mol. The van der Waals surface area contributed by atoms with Crippen molar-refractivity contribution in [1.82, 2.24) is 0 Å². The fraction of sp³-hybridized carbons (Fsp3) is 0.684. The van der Waals surface area contributed by atoms with Crippen LogP contribution in [-0.4, -0.2) is 13.2 Å². The van der Waals surface area contributed by atoms with Gasteiger partial charge in [0.15, 0.2) is 0 Å². The molecular weight excluding hydrogens is 258 g/mol. The second-order valence-electron chi connectivity index (χ2n) is 7.05. The number of benzene rings is 1. The van der Waals surface area contributed by atoms with Gasteiger partial charge in [-0.05, 0) is 74.5 Å². The summed E-state index contributed by atoms with van der Waals surface area (Å²) in [6.07, 6.45) is 7.64. The van der Waals surface area contributed by atoms with Crippen LogP contribution in [0.15, 0.2) is 30.3 Å². The number of hydrogen-bond donors (Lipinski definition) is 1. The van der Waals surface area contributed by atoms with Gasteiger partial charge in [0.2, 0.25) is 0 Å². The Kier molecular flexibility index (Phi) is 6.10. The van der Waals surface area contributed by atoms with Crippen LogP contribution >= 0.6 is 0 Å². The normalized spacial score (nSPS) is 26.0. The van der Waals surface area contributed by atoms with E-state index in [4.69, 9.17) is 10.5 Å². The summed E-state index contributed by atoms with van der Waals surface area (Å²) in [5.74, 6) is 2.70. The van der Waals surface area contributed by atoms with Crippen LogP contribution in [0.5, 0.6) is 5.75 Å². The summed E-state index contributed by atoms with van der Waals surface area (Å²) in [6, 6.07) is 10.1. The first-order chi connectivity index (χ1) is 10.2. The molecule has 0 unspecified atom stereocenters. The molecule has 1 aliphatic carbocycles. The first-order valence-corrected chi connectivity index (χ1v) is 8.53. The number of ether oxygens (including phenoxy) is 1. The summed E-state index contributed by atoms with van der Waals surface area (Å²) in [4.78, 5) is 0. The van der Waals surface area contributed by atoms with E-state index in [1.54, 1.807) is 0 Å². The Morgan fingerprint density at radius 2 is 1.86 bits per heavy atom. The van der Waals surface area contributed by atoms with Crippen LogP contribution in [0, 0.1) is 17.3 Å². The van der Waals surface area contributed by atoms with Crippen LogP contribution in [0.4, 0.5) is 0 Å². The monoisotopic (exact) mass is 289 g/mol. The highest BCUT2D eigenvalue weighted by Crippen LogP contribution is 2.43. The molecule has 0 aliphatic heterocycles. The van der Waals surface area contributed by atoms with E-state index in [0.717, 1.165) is 37.2 Å². The molecule has 0 aromatic heterocycles. The molecule has 1 aromatic carbocycles. The lowest BCUT2D eigenvalue weighted by Crippen LogP contribution is -2.36. The SMILES string of the molecule is CC(C)C1CCC(CN)(CCCOc2ccccc2)CC1. The van der Waals surface area contributed by atoms with Crippen molar-refractivity contribution in [2.45, 2.75) is 52.4 Å². The third-order valence-electron chi connectivity index (χ3n) is 5.33. The number of nitrogens with two attached hydrogens (primary N) is 1. The van der Waals surface area contributed by atoms with Crippen molar-refractivity contribution in [3.8, 4) is 5.75 Å². The topological polar surface area (TPSA) is 35.2 Å². The fourth-order valence-corrected chi connectivity index (χ4v) is 3.63. The summed E-state index contributed by atoms with van der Waals surface area (Å²) in [5.41, 5.74) is 6.49. The van der Waals surface area contributed by atoms with Gasteiger partial charge in [-0.3, -0.25) is 0 Å². The Hall–Kier alpha value is -1.02. The number of rotatable bonds is 7. The van der Waals surface area contributed by atoms with E-state index >= 15 is 0 Å². The average molecular weight is 289 g/mol. The van der Waals surface area contributed by atoms with E-state index in [1.165, 1.54) is 32.1 Å². The van der Waals surface area contributed by atoms with Crippen molar-refractivity contribution < 1.29 is 4.74 Å². The average Bonchev–Trinajstić information content (AvgIpc) is 2.53. The zero-order valence-electron chi connectivity index (χ0n) is 13.7. The Bertz CT molecular complexity index is 393. The van der Waals surface area contributed by atoms with Gasteiger partial charge in [-0.15, -0.1) is 0 Å². The molecule has 0 heterocycles. The summed E-state index contributed by atoms with van der Waals surface area (Å²) < 4.78 is 5.81. The molecule has 0 spiro atoms. The molecule has 0 atom stereocenters. The van der Waals surface area contributed by atoms with Crippen LogP contribution in [-0.2, 0) is 0 Å². The summed E-state index contributed by atoms with van der Waals surface area (Å²) >= 11 is 0. The van der Waals surface area contributed by atoms with Gasteiger partial charge in [0.25, 0.3) is 0 Å². The van der Waals surface area contributed by atoms with Gasteiger partial charge in [0.05, 0.1) is 6.61 Å². The summed E-state index contributed by atoms with van der Waals surface area (Å²) in [7, 11) is 0. The fourth-order valence-electron chi connectivity index (χ4n) is 3.63. The molecule has 118 valence electrons. The van der Waals surface area contributed by atoms with Crippen molar-refractivity contribution in [2.24, 2.45) is 23.0 Å². The van der Waals surface area contributed by atoms with E-state index < -0.39 is 0 Å². The largest absolute Gasteiger partial charge is 0.494 e. The van der Waals surface area contributed by atoms with E-state index in [1.807, 2.05) is 30.3 Å². The molecule has 0 amide bonds. The Balaban J connectivity index is 1.73. The van der Waals surface area contributed by atoms with Gasteiger partial charge < -0.3 is 10.5 Å². The molecular formula is C19H31NO. The second-order valence-corrected chi connectivity index (χ2v) is 7.05. The molecule has 1 aliphatic rings. The van der Waals surface area contributed by atoms with E-state index in [9.17, 15) is 0 Å². The highest BCUT2D eigenvalue weighted by molar-refractivity contribution is 5.20. The van der Waals surface area contributed by atoms with Crippen molar-refractivity contribution in [2.75, 3.05) is 13.2 Å². The lowest BCUT2D eigenvalue weighted by atomic mass is 9.66. The van der Waals surface area contributed by atoms with Crippen LogP contribution in [0.2, 0.25) is 0 Å². The van der Waals surface area contributed by atoms with Crippen LogP contribution in [0.1, 0.15) is 52.4 Å². The minimum atomic E-state index is 0.380. The first kappa shape index (κ1) is 16.4. The maximum atomic E-state index is 6.11. The molecule has 0 saturated heterocycles. The highest BCUT2D eigenvalue weighted by Gasteiger charge is 2.34. The molecule has 2 N–H and O–H groups in total. The maximum absolute atomic E-state index is 6.11. The van der Waals surface area contributed by atoms with Crippen LogP contribution in [0.25, 0.3) is 0 Å². The molecule has 1 fully saturated rings. The number of para-hydroxylation sites is 1. The van der Waals surface area contributed by atoms with Crippen molar-refractivity contribution >= 4 is 0 Å². The Morgan fingerprint density at radius 1 is 1.19 bits per heavy atom. The lowest BCUT2D eigenvalue weighted by Gasteiger charge is -2.41. The van der Waals surface area contributed by atoms with Crippen LogP contribution < -0.4 is 10.5 Å². The van der Waals surface area contributed by atoms with Crippen LogP contribution in [0.3, 0.4) is 0 Å². The molecule has 1 saturated carbocycles. The molecule has 0 bridgehead atoms. The summed E-state index contributed by atoms with van der Waals surface area (Å²) in [6.45, 7) is 6.35. The lowest BCUT2D eigenvalue weighted by molar-refractivity contribution is 0.114. The quantitative estimate of drug-likeness (QED) is 0.742. The third kappa shape index (κ3) is 4.74. The number of hydrogen-bond acceptors (Lipinski definition) is 2. The molecule has 2 rings (SSSR count). The Labute approximate surface area is 130 Å². The van der Waals surface area contributed by atoms with Gasteiger partial charge in [0.1, 0.15) is 5.75 Å². The maximum Gasteiger partial charge on any atom is 0.119 e. The molecule has 0 radical (unpaired) electrons. The molecule has 21 heavy (non-hydrogen) atoms. The highest BCUT2D eigenvalue weighted by atomic mass is 16.5. The van der Waals surface area contributed by atoms with Gasteiger partial charge in [-0.25, -0.2) is 0 Å². The van der Waals surface area contributed by atoms with Crippen molar-refractivity contribution in [1.29, 1.82) is 0 Å². The minimum Gasteiger partial charge on any atom is -0.494 e. The minimum absolute atomic E-state index is 0.380. The Morgan fingerprint density at radius 3 is 2.43 bits per heavy atom. The van der Waals surface area contributed by atoms with Gasteiger partial charge in [-0.2, -0.15) is 0 Å². The van der Waals surface area contributed by atoms with Gasteiger partial charge >= 0.3 is 0 Å². The van der Waals surface area contributed by atoms with E-state index in [0.29, 0.717) is 5.41 Å². The third-order valence-corrected chi connectivity index (χ3v) is 5.33. The molecule has 2 nitrogen and oxygen atoms in total. The van der Waals surface area contributed by atoms with Gasteiger partial charge in [-0.1, -0.05) is 32.0 Å². The smallest absolute Gasteiger partial charge is 0.119 e. The zero-order valence-corrected chi connectivity index (χ0v) is 13.7. The first-order valence-electron chi connectivity index (χ1n) is 8.53.